The molecule has 2 unspecified atom stereocenters. The minimum absolute atomic E-state index is 0.103. The molecule has 9 heteroatoms. The lowest BCUT2D eigenvalue weighted by atomic mass is 10.00. The van der Waals surface area contributed by atoms with Crippen LogP contribution in [-0.4, -0.2) is 68.0 Å². The summed E-state index contributed by atoms with van der Waals surface area (Å²) in [6, 6.07) is 5.86. The van der Waals surface area contributed by atoms with Gasteiger partial charge in [-0.15, -0.1) is 13.2 Å². The molecule has 0 bridgehead atoms. The van der Waals surface area contributed by atoms with E-state index in [0.717, 1.165) is 50.0 Å². The van der Waals surface area contributed by atoms with Crippen molar-refractivity contribution in [3.05, 3.63) is 59.8 Å². The molecule has 1 aromatic rings. The highest BCUT2D eigenvalue weighted by Crippen LogP contribution is 2.27. The molecule has 0 spiro atoms. The second-order valence-electron chi connectivity index (χ2n) is 8.88. The zero-order valence-corrected chi connectivity index (χ0v) is 20.4. The van der Waals surface area contributed by atoms with Crippen LogP contribution in [0.5, 0.6) is 5.75 Å². The van der Waals surface area contributed by atoms with Crippen LogP contribution in [0.1, 0.15) is 32.6 Å². The molecule has 1 saturated heterocycles. The SMILES string of the molecule is COC(C(CC=O)N1CCC(Nc2ccc(OC(F)(F)F)cc2)CC1)N(C)C1=CCC=C(C)C=C1. The van der Waals surface area contributed by atoms with E-state index in [-0.39, 0.29) is 24.1 Å². The summed E-state index contributed by atoms with van der Waals surface area (Å²) in [5, 5.41) is 3.39. The van der Waals surface area contributed by atoms with Gasteiger partial charge in [0.1, 0.15) is 18.3 Å². The highest BCUT2D eigenvalue weighted by molar-refractivity contribution is 5.51. The first-order chi connectivity index (χ1) is 16.7. The summed E-state index contributed by atoms with van der Waals surface area (Å²) >= 11 is 0. The van der Waals surface area contributed by atoms with Crippen LogP contribution < -0.4 is 10.1 Å². The van der Waals surface area contributed by atoms with Crippen LogP contribution in [0.3, 0.4) is 0 Å². The van der Waals surface area contributed by atoms with Gasteiger partial charge in [0, 0.05) is 51.1 Å². The highest BCUT2D eigenvalue weighted by atomic mass is 19.4. The van der Waals surface area contributed by atoms with Crippen LogP contribution in [-0.2, 0) is 9.53 Å². The standard InChI is InChI=1S/C26H34F3N3O3/c1-19-5-4-6-22(10-7-19)31(2)25(34-3)24(15-18-33)32-16-13-21(14-17-32)30-20-8-11-23(12-9-20)35-26(27,28)29/h5-12,18,21,24-25,30H,4,13-17H2,1-3H3. The van der Waals surface area contributed by atoms with Gasteiger partial charge in [-0.3, -0.25) is 4.90 Å². The Labute approximate surface area is 205 Å². The first-order valence-electron chi connectivity index (χ1n) is 11.8. The maximum atomic E-state index is 12.4. The van der Waals surface area contributed by atoms with E-state index in [1.165, 1.54) is 17.7 Å². The molecule has 1 N–H and O–H groups in total. The number of hydrogen-bond donors (Lipinski definition) is 1. The molecule has 1 aliphatic carbocycles. The summed E-state index contributed by atoms with van der Waals surface area (Å²) in [5.41, 5.74) is 3.00. The number of methoxy groups -OCH3 is 1. The van der Waals surface area contributed by atoms with Crippen LogP contribution in [0.15, 0.2) is 59.8 Å². The fourth-order valence-electron chi connectivity index (χ4n) is 4.61. The average molecular weight is 494 g/mol. The molecular formula is C26H34F3N3O3. The Kier molecular flexibility index (Phi) is 9.40. The second kappa shape index (κ2) is 12.3. The monoisotopic (exact) mass is 493 g/mol. The first kappa shape index (κ1) is 26.8. The second-order valence-corrected chi connectivity index (χ2v) is 8.88. The Morgan fingerprint density at radius 3 is 2.46 bits per heavy atom. The van der Waals surface area contributed by atoms with Crippen molar-refractivity contribution in [3.8, 4) is 5.75 Å². The first-order valence-corrected chi connectivity index (χ1v) is 11.8. The number of nitrogens with one attached hydrogen (secondary N) is 1. The number of anilines is 1. The zero-order chi connectivity index (χ0) is 25.4. The number of allylic oxidation sites excluding steroid dienone is 5. The fraction of sp³-hybridized carbons (Fsp3) is 0.500. The summed E-state index contributed by atoms with van der Waals surface area (Å²) < 4.78 is 46.9. The molecule has 0 aromatic heterocycles. The van der Waals surface area contributed by atoms with Crippen LogP contribution in [0.2, 0.25) is 0 Å². The third-order valence-corrected chi connectivity index (χ3v) is 6.44. The van der Waals surface area contributed by atoms with Crippen LogP contribution in [0.4, 0.5) is 18.9 Å². The quantitative estimate of drug-likeness (QED) is 0.361. The van der Waals surface area contributed by atoms with Gasteiger partial charge in [0.05, 0.1) is 6.04 Å². The topological polar surface area (TPSA) is 54.0 Å². The minimum Gasteiger partial charge on any atom is -0.406 e. The number of alkyl halides is 3. The van der Waals surface area contributed by atoms with E-state index in [2.05, 4.69) is 51.1 Å². The molecule has 2 aliphatic rings. The smallest absolute Gasteiger partial charge is 0.406 e. The maximum Gasteiger partial charge on any atom is 0.573 e. The zero-order valence-electron chi connectivity index (χ0n) is 20.4. The summed E-state index contributed by atoms with van der Waals surface area (Å²) in [7, 11) is 3.66. The van der Waals surface area contributed by atoms with E-state index >= 15 is 0 Å². The van der Waals surface area contributed by atoms with E-state index in [1.807, 2.05) is 7.05 Å². The predicted molar refractivity (Wildman–Crippen MR) is 130 cm³/mol. The van der Waals surface area contributed by atoms with Crippen LogP contribution >= 0.6 is 0 Å². The van der Waals surface area contributed by atoms with Crippen molar-refractivity contribution < 1.29 is 27.4 Å². The molecule has 0 radical (unpaired) electrons. The molecule has 1 fully saturated rings. The maximum absolute atomic E-state index is 12.4. The lowest BCUT2D eigenvalue weighted by Gasteiger charge is -2.43. The Morgan fingerprint density at radius 2 is 1.86 bits per heavy atom. The molecule has 35 heavy (non-hydrogen) atoms. The van der Waals surface area contributed by atoms with E-state index in [9.17, 15) is 18.0 Å². The molecule has 1 aromatic carbocycles. The number of nitrogens with zero attached hydrogens (tertiary/aromatic N) is 2. The third kappa shape index (κ3) is 7.86. The lowest BCUT2D eigenvalue weighted by Crippen LogP contribution is -2.54. The number of likely N-dealkylation sites (tertiary alicyclic amines) is 1. The van der Waals surface area contributed by atoms with Crippen molar-refractivity contribution in [2.24, 2.45) is 0 Å². The van der Waals surface area contributed by atoms with Crippen molar-refractivity contribution in [2.75, 3.05) is 32.6 Å². The molecule has 0 amide bonds. The Morgan fingerprint density at radius 1 is 1.17 bits per heavy atom. The number of halogens is 3. The Hall–Kier alpha value is -2.78. The third-order valence-electron chi connectivity index (χ3n) is 6.44. The molecule has 192 valence electrons. The van der Waals surface area contributed by atoms with Gasteiger partial charge in [0.2, 0.25) is 0 Å². The van der Waals surface area contributed by atoms with Gasteiger partial charge < -0.3 is 24.5 Å². The fourth-order valence-corrected chi connectivity index (χ4v) is 4.61. The molecular weight excluding hydrogens is 459 g/mol. The minimum atomic E-state index is -4.70. The van der Waals surface area contributed by atoms with Crippen LogP contribution in [0, 0.1) is 0 Å². The summed E-state index contributed by atoms with van der Waals surface area (Å²) in [5.74, 6) is -0.242. The molecule has 3 rings (SSSR count). The summed E-state index contributed by atoms with van der Waals surface area (Å²) in [4.78, 5) is 15.9. The van der Waals surface area contributed by atoms with Gasteiger partial charge in [-0.1, -0.05) is 23.8 Å². The Bertz CT molecular complexity index is 920. The molecule has 1 heterocycles. The van der Waals surface area contributed by atoms with Crippen molar-refractivity contribution in [1.29, 1.82) is 0 Å². The van der Waals surface area contributed by atoms with Crippen molar-refractivity contribution in [2.45, 2.75) is 57.3 Å². The van der Waals surface area contributed by atoms with Crippen molar-refractivity contribution >= 4 is 12.0 Å². The van der Waals surface area contributed by atoms with Gasteiger partial charge in [-0.05, 0) is 56.5 Å². The number of aldehydes is 1. The molecule has 6 nitrogen and oxygen atoms in total. The van der Waals surface area contributed by atoms with Gasteiger partial charge in [-0.2, -0.15) is 0 Å². The number of carbonyl (C=O) groups excluding carboxylic acids is 1. The number of piperidine rings is 1. The normalized spacial score (nSPS) is 19.3. The van der Waals surface area contributed by atoms with Crippen molar-refractivity contribution in [3.63, 3.8) is 0 Å². The molecule has 1 aliphatic heterocycles. The van der Waals surface area contributed by atoms with Gasteiger partial charge in [-0.25, -0.2) is 0 Å². The van der Waals surface area contributed by atoms with E-state index in [0.29, 0.717) is 6.42 Å². The number of ether oxygens (including phenoxy) is 2. The Balaban J connectivity index is 1.59. The van der Waals surface area contributed by atoms with Crippen molar-refractivity contribution in [1.82, 2.24) is 9.80 Å². The number of carbonyl (C=O) groups is 1. The average Bonchev–Trinajstić information content (AvgIpc) is 3.04. The van der Waals surface area contributed by atoms with Gasteiger partial charge >= 0.3 is 6.36 Å². The largest absolute Gasteiger partial charge is 0.573 e. The van der Waals surface area contributed by atoms with E-state index in [1.54, 1.807) is 19.2 Å². The van der Waals surface area contributed by atoms with E-state index < -0.39 is 6.36 Å². The molecule has 2 atom stereocenters. The van der Waals surface area contributed by atoms with Gasteiger partial charge in [0.25, 0.3) is 0 Å². The predicted octanol–water partition coefficient (Wildman–Crippen LogP) is 5.11. The van der Waals surface area contributed by atoms with Crippen LogP contribution in [0.25, 0.3) is 0 Å². The van der Waals surface area contributed by atoms with Gasteiger partial charge in [0.15, 0.2) is 0 Å². The highest BCUT2D eigenvalue weighted by Gasteiger charge is 2.34. The molecule has 0 saturated carbocycles. The lowest BCUT2D eigenvalue weighted by molar-refractivity contribution is -0.274. The summed E-state index contributed by atoms with van der Waals surface area (Å²) in [6.45, 7) is 3.61. The number of benzene rings is 1. The number of hydrogen-bond acceptors (Lipinski definition) is 6. The van der Waals surface area contributed by atoms with E-state index in [4.69, 9.17) is 4.74 Å². The summed E-state index contributed by atoms with van der Waals surface area (Å²) in [6.07, 6.45) is 7.29. The number of rotatable bonds is 10. The number of likely N-dealkylation sites (N-methyl/N-ethyl adjacent to an activating group) is 1.